The predicted molar refractivity (Wildman–Crippen MR) is 85.9 cm³/mol. The van der Waals surface area contributed by atoms with Crippen LogP contribution in [0, 0.1) is 0 Å². The number of benzene rings is 2. The molecule has 0 saturated carbocycles. The molecule has 1 atom stereocenters. The van der Waals surface area contributed by atoms with Crippen molar-refractivity contribution < 1.29 is 9.47 Å². The first-order valence-electron chi connectivity index (χ1n) is 7.27. The molecule has 0 heterocycles. The van der Waals surface area contributed by atoms with E-state index in [0.717, 1.165) is 24.5 Å². The van der Waals surface area contributed by atoms with Crippen molar-refractivity contribution in [3.8, 4) is 11.5 Å². The number of hydrogen-bond acceptors (Lipinski definition) is 3. The third-order valence-corrected chi connectivity index (χ3v) is 3.61. The normalized spacial score (nSPS) is 12.0. The molecule has 0 radical (unpaired) electrons. The second-order valence-corrected chi connectivity index (χ2v) is 4.94. The number of methoxy groups -OCH3 is 2. The molecule has 2 rings (SSSR count). The number of hydrogen-bond donors (Lipinski definition) is 1. The van der Waals surface area contributed by atoms with Gasteiger partial charge >= 0.3 is 0 Å². The van der Waals surface area contributed by atoms with Crippen LogP contribution in [0.1, 0.15) is 30.5 Å². The molecular weight excluding hydrogens is 262 g/mol. The maximum Gasteiger partial charge on any atom is 0.161 e. The van der Waals surface area contributed by atoms with Crippen molar-refractivity contribution >= 4 is 0 Å². The Morgan fingerprint density at radius 1 is 0.952 bits per heavy atom. The maximum atomic E-state index is 5.34. The monoisotopic (exact) mass is 285 g/mol. The highest BCUT2D eigenvalue weighted by molar-refractivity contribution is 5.42. The fraction of sp³-hybridized carbons (Fsp3) is 0.333. The number of ether oxygens (including phenoxy) is 2. The van der Waals surface area contributed by atoms with Crippen LogP contribution in [0.3, 0.4) is 0 Å². The van der Waals surface area contributed by atoms with Crippen molar-refractivity contribution in [2.45, 2.75) is 25.9 Å². The highest BCUT2D eigenvalue weighted by Crippen LogP contribution is 2.27. The van der Waals surface area contributed by atoms with E-state index >= 15 is 0 Å². The number of rotatable bonds is 7. The van der Waals surface area contributed by atoms with Gasteiger partial charge in [-0.3, -0.25) is 0 Å². The summed E-state index contributed by atoms with van der Waals surface area (Å²) < 4.78 is 10.6. The van der Waals surface area contributed by atoms with E-state index in [-0.39, 0.29) is 0 Å². The summed E-state index contributed by atoms with van der Waals surface area (Å²) in [5.74, 6) is 1.53. The molecule has 3 heteroatoms. The summed E-state index contributed by atoms with van der Waals surface area (Å²) in [6.07, 6.45) is 1.05. The highest BCUT2D eigenvalue weighted by atomic mass is 16.5. The average Bonchev–Trinajstić information content (AvgIpc) is 2.56. The van der Waals surface area contributed by atoms with Gasteiger partial charge in [0.1, 0.15) is 0 Å². The van der Waals surface area contributed by atoms with Crippen molar-refractivity contribution in [3.05, 3.63) is 59.7 Å². The molecule has 0 spiro atoms. The first-order valence-corrected chi connectivity index (χ1v) is 7.27. The van der Waals surface area contributed by atoms with Gasteiger partial charge in [-0.2, -0.15) is 0 Å². The maximum absolute atomic E-state index is 5.34. The quantitative estimate of drug-likeness (QED) is 0.835. The Labute approximate surface area is 126 Å². The molecular formula is C18H23NO2. The molecule has 0 fully saturated rings. The van der Waals surface area contributed by atoms with Gasteiger partial charge in [-0.25, -0.2) is 0 Å². The Hall–Kier alpha value is -2.00. The molecule has 0 aliphatic carbocycles. The van der Waals surface area contributed by atoms with Crippen LogP contribution in [0.25, 0.3) is 0 Å². The van der Waals surface area contributed by atoms with Crippen LogP contribution in [-0.2, 0) is 6.54 Å². The third-order valence-electron chi connectivity index (χ3n) is 3.61. The molecule has 2 aromatic carbocycles. The van der Waals surface area contributed by atoms with E-state index in [1.165, 1.54) is 11.1 Å². The third kappa shape index (κ3) is 3.99. The second kappa shape index (κ2) is 7.70. The fourth-order valence-electron chi connectivity index (χ4n) is 2.41. The smallest absolute Gasteiger partial charge is 0.161 e. The van der Waals surface area contributed by atoms with Gasteiger partial charge in [0.15, 0.2) is 11.5 Å². The summed E-state index contributed by atoms with van der Waals surface area (Å²) >= 11 is 0. The fourth-order valence-corrected chi connectivity index (χ4v) is 2.41. The van der Waals surface area contributed by atoms with Crippen molar-refractivity contribution in [2.24, 2.45) is 0 Å². The summed E-state index contributed by atoms with van der Waals surface area (Å²) in [5.41, 5.74) is 2.50. The molecule has 0 aromatic heterocycles. The molecule has 1 N–H and O–H groups in total. The van der Waals surface area contributed by atoms with E-state index in [2.05, 4.69) is 42.6 Å². The molecule has 0 amide bonds. The van der Waals surface area contributed by atoms with Crippen LogP contribution in [0.5, 0.6) is 11.5 Å². The predicted octanol–water partition coefficient (Wildman–Crippen LogP) is 3.94. The zero-order valence-corrected chi connectivity index (χ0v) is 12.9. The van der Waals surface area contributed by atoms with E-state index in [9.17, 15) is 0 Å². The Bertz CT molecular complexity index is 554. The lowest BCUT2D eigenvalue weighted by molar-refractivity contribution is 0.354. The first kappa shape index (κ1) is 15.4. The van der Waals surface area contributed by atoms with Crippen LogP contribution in [0.2, 0.25) is 0 Å². The van der Waals surface area contributed by atoms with Crippen LogP contribution in [0.15, 0.2) is 48.5 Å². The Balaban J connectivity index is 2.05. The number of nitrogens with one attached hydrogen (secondary N) is 1. The van der Waals surface area contributed by atoms with E-state index in [1.807, 2.05) is 18.2 Å². The van der Waals surface area contributed by atoms with Crippen molar-refractivity contribution in [2.75, 3.05) is 14.2 Å². The average molecular weight is 285 g/mol. The standard InChI is InChI=1S/C18H23NO2/c1-4-16(15-8-6-5-7-9-15)19-13-14-10-11-17(20-2)18(12-14)21-3/h5-12,16,19H,4,13H2,1-3H3. The lowest BCUT2D eigenvalue weighted by Crippen LogP contribution is -2.20. The van der Waals surface area contributed by atoms with Crippen molar-refractivity contribution in [1.82, 2.24) is 5.32 Å². The van der Waals surface area contributed by atoms with E-state index < -0.39 is 0 Å². The minimum Gasteiger partial charge on any atom is -0.493 e. The molecule has 1 unspecified atom stereocenters. The Kier molecular flexibility index (Phi) is 5.64. The summed E-state index contributed by atoms with van der Waals surface area (Å²) in [7, 11) is 3.31. The topological polar surface area (TPSA) is 30.5 Å². The Morgan fingerprint density at radius 3 is 2.29 bits per heavy atom. The molecule has 0 aliphatic heterocycles. The largest absolute Gasteiger partial charge is 0.493 e. The summed E-state index contributed by atoms with van der Waals surface area (Å²) in [6.45, 7) is 2.99. The molecule has 112 valence electrons. The van der Waals surface area contributed by atoms with Gasteiger partial charge in [-0.1, -0.05) is 43.3 Å². The van der Waals surface area contributed by atoms with Gasteiger partial charge < -0.3 is 14.8 Å². The minimum atomic E-state index is 0.360. The van der Waals surface area contributed by atoms with Crippen LogP contribution < -0.4 is 14.8 Å². The lowest BCUT2D eigenvalue weighted by atomic mass is 10.0. The van der Waals surface area contributed by atoms with Gasteiger partial charge in [0.25, 0.3) is 0 Å². The van der Waals surface area contributed by atoms with Gasteiger partial charge in [0.05, 0.1) is 14.2 Å². The SMILES string of the molecule is CCC(NCc1ccc(OC)c(OC)c1)c1ccccc1. The molecule has 0 aliphatic rings. The van der Waals surface area contributed by atoms with Gasteiger partial charge in [-0.15, -0.1) is 0 Å². The minimum absolute atomic E-state index is 0.360. The van der Waals surface area contributed by atoms with E-state index in [4.69, 9.17) is 9.47 Å². The molecule has 0 saturated heterocycles. The van der Waals surface area contributed by atoms with Crippen molar-refractivity contribution in [1.29, 1.82) is 0 Å². The zero-order chi connectivity index (χ0) is 15.1. The van der Waals surface area contributed by atoms with Gasteiger partial charge in [0.2, 0.25) is 0 Å². The highest BCUT2D eigenvalue weighted by Gasteiger charge is 2.09. The van der Waals surface area contributed by atoms with Crippen LogP contribution >= 0.6 is 0 Å². The molecule has 21 heavy (non-hydrogen) atoms. The van der Waals surface area contributed by atoms with E-state index in [1.54, 1.807) is 14.2 Å². The lowest BCUT2D eigenvalue weighted by Gasteiger charge is -2.18. The van der Waals surface area contributed by atoms with Gasteiger partial charge in [-0.05, 0) is 29.7 Å². The summed E-state index contributed by atoms with van der Waals surface area (Å²) in [5, 5.41) is 3.59. The molecule has 2 aromatic rings. The molecule has 0 bridgehead atoms. The Morgan fingerprint density at radius 2 is 1.67 bits per heavy atom. The van der Waals surface area contributed by atoms with Gasteiger partial charge in [0, 0.05) is 12.6 Å². The zero-order valence-electron chi connectivity index (χ0n) is 12.9. The molecule has 3 nitrogen and oxygen atoms in total. The van der Waals surface area contributed by atoms with E-state index in [0.29, 0.717) is 6.04 Å². The van der Waals surface area contributed by atoms with Crippen LogP contribution in [-0.4, -0.2) is 14.2 Å². The summed E-state index contributed by atoms with van der Waals surface area (Å²) in [4.78, 5) is 0. The summed E-state index contributed by atoms with van der Waals surface area (Å²) in [6, 6.07) is 16.9. The first-order chi connectivity index (χ1) is 10.3. The van der Waals surface area contributed by atoms with Crippen LogP contribution in [0.4, 0.5) is 0 Å². The van der Waals surface area contributed by atoms with Crippen molar-refractivity contribution in [3.63, 3.8) is 0 Å². The second-order valence-electron chi connectivity index (χ2n) is 4.94.